The highest BCUT2D eigenvalue weighted by atomic mass is 16.2. The first kappa shape index (κ1) is 14.8. The second kappa shape index (κ2) is 5.96. The number of nitrogens with one attached hydrogen (secondary N) is 2. The van der Waals surface area contributed by atoms with Gasteiger partial charge in [0.25, 0.3) is 5.78 Å². The third-order valence-corrected chi connectivity index (χ3v) is 3.74. The van der Waals surface area contributed by atoms with Gasteiger partial charge >= 0.3 is 5.91 Å². The maximum Gasteiger partial charge on any atom is 0.310 e. The van der Waals surface area contributed by atoms with Gasteiger partial charge in [-0.1, -0.05) is 36.4 Å². The van der Waals surface area contributed by atoms with Crippen LogP contribution in [-0.4, -0.2) is 23.7 Å². The van der Waals surface area contributed by atoms with Gasteiger partial charge in [-0.15, -0.1) is 0 Å². The molecule has 3 aromatic rings. The van der Waals surface area contributed by atoms with E-state index in [0.717, 1.165) is 16.6 Å². The first-order valence-corrected chi connectivity index (χ1v) is 7.29. The lowest BCUT2D eigenvalue weighted by molar-refractivity contribution is -0.117. The smallest absolute Gasteiger partial charge is 0.310 e. The minimum Gasteiger partial charge on any atom is -0.358 e. The Morgan fingerprint density at radius 1 is 1.00 bits per heavy atom. The molecule has 0 radical (unpaired) electrons. The van der Waals surface area contributed by atoms with Crippen LogP contribution >= 0.6 is 0 Å². The summed E-state index contributed by atoms with van der Waals surface area (Å²) in [6.07, 6.45) is 0. The van der Waals surface area contributed by atoms with E-state index in [1.165, 1.54) is 5.01 Å². The quantitative estimate of drug-likeness (QED) is 0.442. The number of anilines is 1. The number of para-hydroxylation sites is 2. The van der Waals surface area contributed by atoms with Gasteiger partial charge in [0.2, 0.25) is 0 Å². The third kappa shape index (κ3) is 2.81. The molecule has 116 valence electrons. The molecule has 2 N–H and O–H groups in total. The monoisotopic (exact) mass is 307 g/mol. The van der Waals surface area contributed by atoms with Crippen LogP contribution in [0.15, 0.2) is 54.6 Å². The molecule has 0 atom stereocenters. The number of benzene rings is 2. The number of aromatic nitrogens is 1. The number of ketones is 1. The predicted molar refractivity (Wildman–Crippen MR) is 90.4 cm³/mol. The van der Waals surface area contributed by atoms with E-state index in [2.05, 4.69) is 10.4 Å². The van der Waals surface area contributed by atoms with Gasteiger partial charge in [0.15, 0.2) is 0 Å². The molecular weight excluding hydrogens is 290 g/mol. The molecule has 23 heavy (non-hydrogen) atoms. The fraction of sp³-hybridized carbons (Fsp3) is 0.111. The Morgan fingerprint density at radius 3 is 2.39 bits per heavy atom. The summed E-state index contributed by atoms with van der Waals surface area (Å²) in [7, 11) is 1.70. The molecule has 0 unspecified atom stereocenters. The molecule has 0 aliphatic carbocycles. The van der Waals surface area contributed by atoms with E-state index < -0.39 is 11.7 Å². The fourth-order valence-corrected chi connectivity index (χ4v) is 2.60. The minimum absolute atomic E-state index is 0.416. The summed E-state index contributed by atoms with van der Waals surface area (Å²) < 4.78 is 0. The summed E-state index contributed by atoms with van der Waals surface area (Å²) >= 11 is 0. The van der Waals surface area contributed by atoms with Crippen molar-refractivity contribution < 1.29 is 9.59 Å². The maximum absolute atomic E-state index is 12.5. The van der Waals surface area contributed by atoms with E-state index in [4.69, 9.17) is 0 Å². The zero-order chi connectivity index (χ0) is 16.4. The minimum atomic E-state index is -0.663. The van der Waals surface area contributed by atoms with Gasteiger partial charge in [-0.05, 0) is 25.1 Å². The van der Waals surface area contributed by atoms with Gasteiger partial charge in [-0.2, -0.15) is 0 Å². The number of amides is 1. The number of rotatable bonds is 4. The van der Waals surface area contributed by atoms with Crippen LogP contribution in [0.25, 0.3) is 10.9 Å². The van der Waals surface area contributed by atoms with Gasteiger partial charge in [-0.3, -0.25) is 20.0 Å². The SMILES string of the molecule is Cc1[nH]c2ccccc2c1C(=O)C(=O)NN(C)c1ccccc1. The van der Waals surface area contributed by atoms with Crippen LogP contribution in [0.3, 0.4) is 0 Å². The molecule has 0 saturated heterocycles. The lowest BCUT2D eigenvalue weighted by Crippen LogP contribution is -2.43. The van der Waals surface area contributed by atoms with E-state index in [1.54, 1.807) is 14.0 Å². The Bertz CT molecular complexity index is 868. The zero-order valence-corrected chi connectivity index (χ0v) is 13.0. The number of fused-ring (bicyclic) bond motifs is 1. The molecule has 2 aromatic carbocycles. The largest absolute Gasteiger partial charge is 0.358 e. The first-order valence-electron chi connectivity index (χ1n) is 7.29. The molecule has 0 fully saturated rings. The lowest BCUT2D eigenvalue weighted by atomic mass is 10.1. The second-order valence-corrected chi connectivity index (χ2v) is 5.34. The van der Waals surface area contributed by atoms with Crippen molar-refractivity contribution in [2.75, 3.05) is 12.1 Å². The van der Waals surface area contributed by atoms with Crippen LogP contribution in [-0.2, 0) is 4.79 Å². The number of carbonyl (C=O) groups is 2. The number of hydrogen-bond acceptors (Lipinski definition) is 3. The van der Waals surface area contributed by atoms with Crippen molar-refractivity contribution in [3.63, 3.8) is 0 Å². The van der Waals surface area contributed by atoms with E-state index in [-0.39, 0.29) is 0 Å². The highest BCUT2D eigenvalue weighted by Gasteiger charge is 2.23. The van der Waals surface area contributed by atoms with Crippen LogP contribution in [0.2, 0.25) is 0 Å². The molecule has 5 heteroatoms. The molecular formula is C18H17N3O2. The summed E-state index contributed by atoms with van der Waals surface area (Å²) in [6, 6.07) is 16.8. The predicted octanol–water partition coefficient (Wildman–Crippen LogP) is 2.83. The van der Waals surface area contributed by atoms with Gasteiger partial charge in [-0.25, -0.2) is 0 Å². The van der Waals surface area contributed by atoms with E-state index in [1.807, 2.05) is 54.6 Å². The highest BCUT2D eigenvalue weighted by molar-refractivity contribution is 6.45. The van der Waals surface area contributed by atoms with Crippen molar-refractivity contribution >= 4 is 28.3 Å². The molecule has 5 nitrogen and oxygen atoms in total. The lowest BCUT2D eigenvalue weighted by Gasteiger charge is -2.19. The third-order valence-electron chi connectivity index (χ3n) is 3.74. The molecule has 0 aliphatic heterocycles. The van der Waals surface area contributed by atoms with Crippen molar-refractivity contribution in [1.29, 1.82) is 0 Å². The van der Waals surface area contributed by atoms with E-state index >= 15 is 0 Å². The van der Waals surface area contributed by atoms with Gasteiger partial charge in [0.05, 0.1) is 11.3 Å². The Morgan fingerprint density at radius 2 is 1.65 bits per heavy atom. The van der Waals surface area contributed by atoms with Gasteiger partial charge < -0.3 is 4.98 Å². The molecule has 0 bridgehead atoms. The molecule has 1 amide bonds. The first-order chi connectivity index (χ1) is 11.1. The van der Waals surface area contributed by atoms with Crippen LogP contribution in [0.5, 0.6) is 0 Å². The van der Waals surface area contributed by atoms with E-state index in [0.29, 0.717) is 11.3 Å². The van der Waals surface area contributed by atoms with Gasteiger partial charge in [0.1, 0.15) is 0 Å². The number of aromatic amines is 1. The Hall–Kier alpha value is -3.08. The second-order valence-electron chi connectivity index (χ2n) is 5.34. The number of hydrogen-bond donors (Lipinski definition) is 2. The normalized spacial score (nSPS) is 10.5. The van der Waals surface area contributed by atoms with Crippen molar-refractivity contribution in [2.24, 2.45) is 0 Å². The van der Waals surface area contributed by atoms with Crippen LogP contribution in [0.1, 0.15) is 16.1 Å². The Balaban J connectivity index is 1.85. The zero-order valence-electron chi connectivity index (χ0n) is 13.0. The molecule has 1 heterocycles. The molecule has 0 spiro atoms. The van der Waals surface area contributed by atoms with Crippen molar-refractivity contribution in [2.45, 2.75) is 6.92 Å². The number of H-pyrrole nitrogens is 1. The Kier molecular flexibility index (Phi) is 3.85. The molecule has 3 rings (SSSR count). The molecule has 1 aromatic heterocycles. The highest BCUT2D eigenvalue weighted by Crippen LogP contribution is 2.22. The average molecular weight is 307 g/mol. The topological polar surface area (TPSA) is 65.2 Å². The maximum atomic E-state index is 12.5. The van der Waals surface area contributed by atoms with Crippen molar-refractivity contribution in [1.82, 2.24) is 10.4 Å². The number of hydrazine groups is 1. The number of carbonyl (C=O) groups excluding carboxylic acids is 2. The summed E-state index contributed by atoms with van der Waals surface area (Å²) in [5.74, 6) is -1.22. The van der Waals surface area contributed by atoms with Crippen LogP contribution in [0, 0.1) is 6.92 Å². The standard InChI is InChI=1S/C18H17N3O2/c1-12-16(14-10-6-7-11-15(14)19-12)17(22)18(23)20-21(2)13-8-4-3-5-9-13/h3-11,19H,1-2H3,(H,20,23). The van der Waals surface area contributed by atoms with Crippen molar-refractivity contribution in [3.8, 4) is 0 Å². The van der Waals surface area contributed by atoms with Gasteiger partial charge in [0, 0.05) is 23.6 Å². The number of Topliss-reactive ketones (excluding diaryl/α,β-unsaturated/α-hetero) is 1. The fourth-order valence-electron chi connectivity index (χ4n) is 2.60. The summed E-state index contributed by atoms with van der Waals surface area (Å²) in [6.45, 7) is 1.79. The number of nitrogens with zero attached hydrogens (tertiary/aromatic N) is 1. The van der Waals surface area contributed by atoms with Crippen molar-refractivity contribution in [3.05, 3.63) is 65.9 Å². The van der Waals surface area contributed by atoms with Crippen LogP contribution in [0.4, 0.5) is 5.69 Å². The summed E-state index contributed by atoms with van der Waals surface area (Å²) in [4.78, 5) is 28.0. The molecule has 0 saturated carbocycles. The molecule has 0 aliphatic rings. The summed E-state index contributed by atoms with van der Waals surface area (Å²) in [5.41, 5.74) is 5.35. The summed E-state index contributed by atoms with van der Waals surface area (Å²) in [5, 5.41) is 2.29. The number of aryl methyl sites for hydroxylation is 1. The van der Waals surface area contributed by atoms with E-state index in [9.17, 15) is 9.59 Å². The van der Waals surface area contributed by atoms with Crippen LogP contribution < -0.4 is 10.4 Å². The Labute approximate surface area is 133 Å². The average Bonchev–Trinajstić information content (AvgIpc) is 2.90.